The Kier molecular flexibility index (Phi) is 4.97. The molecule has 5 nitrogen and oxygen atoms in total. The maximum absolute atomic E-state index is 11.7. The van der Waals surface area contributed by atoms with E-state index in [9.17, 15) is 9.59 Å². The lowest BCUT2D eigenvalue weighted by Gasteiger charge is -2.15. The van der Waals surface area contributed by atoms with Crippen molar-refractivity contribution in [2.24, 2.45) is 0 Å². The summed E-state index contributed by atoms with van der Waals surface area (Å²) in [5, 5.41) is 3.14. The fourth-order valence-corrected chi connectivity index (χ4v) is 1.47. The SMILES string of the molecule is COc1ccc(Cl)cc1NC(=O)CN(C)C(C)=O. The highest BCUT2D eigenvalue weighted by molar-refractivity contribution is 6.31. The zero-order valence-corrected chi connectivity index (χ0v) is 11.2. The molecule has 6 heteroatoms. The minimum absolute atomic E-state index is 0.0228. The second kappa shape index (κ2) is 6.26. The Morgan fingerprint density at radius 3 is 2.67 bits per heavy atom. The molecule has 0 radical (unpaired) electrons. The molecule has 1 N–H and O–H groups in total. The van der Waals surface area contributed by atoms with Crippen LogP contribution >= 0.6 is 11.6 Å². The Morgan fingerprint density at radius 2 is 2.11 bits per heavy atom. The van der Waals surface area contributed by atoms with E-state index in [-0.39, 0.29) is 18.4 Å². The number of rotatable bonds is 4. The summed E-state index contributed by atoms with van der Waals surface area (Å²) in [7, 11) is 3.05. The van der Waals surface area contributed by atoms with Gasteiger partial charge in [0.25, 0.3) is 0 Å². The van der Waals surface area contributed by atoms with Crippen LogP contribution in [0.3, 0.4) is 0 Å². The molecule has 0 bridgehead atoms. The number of methoxy groups -OCH3 is 1. The maximum atomic E-state index is 11.7. The van der Waals surface area contributed by atoms with E-state index >= 15 is 0 Å². The van der Waals surface area contributed by atoms with Gasteiger partial charge in [0.1, 0.15) is 5.75 Å². The van der Waals surface area contributed by atoms with Gasteiger partial charge in [-0.2, -0.15) is 0 Å². The number of amides is 2. The molecule has 0 fully saturated rings. The lowest BCUT2D eigenvalue weighted by Crippen LogP contribution is -2.33. The number of likely N-dealkylation sites (N-methyl/N-ethyl adjacent to an activating group) is 1. The number of anilines is 1. The van der Waals surface area contributed by atoms with Crippen molar-refractivity contribution in [2.75, 3.05) is 26.0 Å². The Balaban J connectivity index is 2.75. The first-order valence-corrected chi connectivity index (χ1v) is 5.67. The van der Waals surface area contributed by atoms with E-state index in [1.54, 1.807) is 25.2 Å². The molecule has 0 aliphatic carbocycles. The second-order valence-electron chi connectivity index (χ2n) is 3.77. The third kappa shape index (κ3) is 3.92. The van der Waals surface area contributed by atoms with Crippen molar-refractivity contribution in [1.82, 2.24) is 4.90 Å². The highest BCUT2D eigenvalue weighted by Crippen LogP contribution is 2.27. The van der Waals surface area contributed by atoms with Crippen LogP contribution in [0.5, 0.6) is 5.75 Å². The number of carbonyl (C=O) groups excluding carboxylic acids is 2. The van der Waals surface area contributed by atoms with Crippen LogP contribution in [0.15, 0.2) is 18.2 Å². The van der Waals surface area contributed by atoms with Crippen molar-refractivity contribution in [1.29, 1.82) is 0 Å². The molecule has 1 aromatic carbocycles. The molecule has 98 valence electrons. The van der Waals surface area contributed by atoms with Gasteiger partial charge in [-0.05, 0) is 18.2 Å². The number of ether oxygens (including phenoxy) is 1. The summed E-state index contributed by atoms with van der Waals surface area (Å²) in [6, 6.07) is 4.91. The smallest absolute Gasteiger partial charge is 0.244 e. The van der Waals surface area contributed by atoms with E-state index in [1.165, 1.54) is 18.9 Å². The van der Waals surface area contributed by atoms with E-state index in [0.717, 1.165) is 0 Å². The van der Waals surface area contributed by atoms with Crippen molar-refractivity contribution in [3.63, 3.8) is 0 Å². The van der Waals surface area contributed by atoms with Crippen LogP contribution in [0.25, 0.3) is 0 Å². The standard InChI is InChI=1S/C12H15ClN2O3/c1-8(16)15(2)7-12(17)14-10-6-9(13)4-5-11(10)18-3/h4-6H,7H2,1-3H3,(H,14,17). The first kappa shape index (κ1) is 14.3. The number of hydrogen-bond donors (Lipinski definition) is 1. The molecular weight excluding hydrogens is 256 g/mol. The molecule has 0 saturated carbocycles. The van der Waals surface area contributed by atoms with Crippen molar-refractivity contribution in [2.45, 2.75) is 6.92 Å². The van der Waals surface area contributed by atoms with Gasteiger partial charge in [0.2, 0.25) is 11.8 Å². The third-order valence-corrected chi connectivity index (χ3v) is 2.59. The van der Waals surface area contributed by atoms with Gasteiger partial charge in [-0.15, -0.1) is 0 Å². The quantitative estimate of drug-likeness (QED) is 0.907. The van der Waals surface area contributed by atoms with Gasteiger partial charge in [-0.1, -0.05) is 11.6 Å². The summed E-state index contributed by atoms with van der Waals surface area (Å²) in [5.74, 6) is 0.0229. The molecule has 0 heterocycles. The van der Waals surface area contributed by atoms with Crippen molar-refractivity contribution < 1.29 is 14.3 Å². The molecule has 0 unspecified atom stereocenters. The monoisotopic (exact) mass is 270 g/mol. The Bertz CT molecular complexity index is 463. The predicted octanol–water partition coefficient (Wildman–Crippen LogP) is 1.77. The Hall–Kier alpha value is -1.75. The van der Waals surface area contributed by atoms with Gasteiger partial charge in [-0.25, -0.2) is 0 Å². The highest BCUT2D eigenvalue weighted by atomic mass is 35.5. The summed E-state index contributed by atoms with van der Waals surface area (Å²) in [5.41, 5.74) is 0.479. The summed E-state index contributed by atoms with van der Waals surface area (Å²) in [6.07, 6.45) is 0. The van der Waals surface area contributed by atoms with Crippen LogP contribution in [-0.4, -0.2) is 37.4 Å². The second-order valence-corrected chi connectivity index (χ2v) is 4.20. The third-order valence-electron chi connectivity index (χ3n) is 2.35. The summed E-state index contributed by atoms with van der Waals surface area (Å²) < 4.78 is 5.10. The summed E-state index contributed by atoms with van der Waals surface area (Å²) in [4.78, 5) is 24.0. The van der Waals surface area contributed by atoms with Crippen molar-refractivity contribution in [3.05, 3.63) is 23.2 Å². The molecule has 0 atom stereocenters. The highest BCUT2D eigenvalue weighted by Gasteiger charge is 2.11. The lowest BCUT2D eigenvalue weighted by molar-refractivity contribution is -0.131. The molecule has 0 saturated heterocycles. The van der Waals surface area contributed by atoms with Gasteiger partial charge >= 0.3 is 0 Å². The largest absolute Gasteiger partial charge is 0.495 e. The Morgan fingerprint density at radius 1 is 1.44 bits per heavy atom. The average Bonchev–Trinajstić information content (AvgIpc) is 2.28. The molecular formula is C12H15ClN2O3. The molecule has 1 aromatic rings. The first-order valence-electron chi connectivity index (χ1n) is 5.29. The van der Waals surface area contributed by atoms with E-state index < -0.39 is 0 Å². The Labute approximate surface area is 111 Å². The van der Waals surface area contributed by atoms with Gasteiger partial charge < -0.3 is 15.0 Å². The van der Waals surface area contributed by atoms with Crippen LogP contribution in [0.1, 0.15) is 6.92 Å². The molecule has 0 spiro atoms. The molecule has 18 heavy (non-hydrogen) atoms. The minimum Gasteiger partial charge on any atom is -0.495 e. The topological polar surface area (TPSA) is 58.6 Å². The lowest BCUT2D eigenvalue weighted by atomic mass is 10.3. The minimum atomic E-state index is -0.312. The number of benzene rings is 1. The van der Waals surface area contributed by atoms with Crippen molar-refractivity contribution in [3.8, 4) is 5.75 Å². The zero-order valence-electron chi connectivity index (χ0n) is 10.5. The van der Waals surface area contributed by atoms with Gasteiger partial charge in [0.05, 0.1) is 19.3 Å². The van der Waals surface area contributed by atoms with Gasteiger partial charge in [0.15, 0.2) is 0 Å². The van der Waals surface area contributed by atoms with Crippen LogP contribution in [0.2, 0.25) is 5.02 Å². The maximum Gasteiger partial charge on any atom is 0.244 e. The fraction of sp³-hybridized carbons (Fsp3) is 0.333. The van der Waals surface area contributed by atoms with Gasteiger partial charge in [0, 0.05) is 19.0 Å². The first-order chi connectivity index (χ1) is 8.43. The molecule has 1 rings (SSSR count). The molecule has 2 amide bonds. The average molecular weight is 271 g/mol. The summed E-state index contributed by atoms with van der Waals surface area (Å²) in [6.45, 7) is 1.37. The van der Waals surface area contributed by atoms with E-state index in [2.05, 4.69) is 5.32 Å². The van der Waals surface area contributed by atoms with Gasteiger partial charge in [-0.3, -0.25) is 9.59 Å². The number of nitrogens with one attached hydrogen (secondary N) is 1. The van der Waals surface area contributed by atoms with Crippen LogP contribution < -0.4 is 10.1 Å². The van der Waals surface area contributed by atoms with E-state index in [1.807, 2.05) is 0 Å². The van der Waals surface area contributed by atoms with E-state index in [4.69, 9.17) is 16.3 Å². The molecule has 0 aliphatic rings. The van der Waals surface area contributed by atoms with Crippen LogP contribution in [0, 0.1) is 0 Å². The number of halogens is 1. The fourth-order valence-electron chi connectivity index (χ4n) is 1.29. The van der Waals surface area contributed by atoms with Crippen molar-refractivity contribution >= 4 is 29.1 Å². The normalized spacial score (nSPS) is 9.78. The predicted molar refractivity (Wildman–Crippen MR) is 69.9 cm³/mol. The van der Waals surface area contributed by atoms with Crippen LogP contribution in [0.4, 0.5) is 5.69 Å². The molecule has 0 aliphatic heterocycles. The summed E-state index contributed by atoms with van der Waals surface area (Å²) >= 11 is 5.84. The number of carbonyl (C=O) groups is 2. The van der Waals surface area contributed by atoms with Crippen LogP contribution in [-0.2, 0) is 9.59 Å². The van der Waals surface area contributed by atoms with E-state index in [0.29, 0.717) is 16.5 Å². The zero-order chi connectivity index (χ0) is 13.7. The number of nitrogens with zero attached hydrogens (tertiary/aromatic N) is 1. The number of hydrogen-bond acceptors (Lipinski definition) is 3. The molecule has 0 aromatic heterocycles.